The summed E-state index contributed by atoms with van der Waals surface area (Å²) in [5.41, 5.74) is 1.35. The molecule has 2 atom stereocenters. The molecule has 1 saturated carbocycles. The van der Waals surface area contributed by atoms with Gasteiger partial charge in [0.2, 0.25) is 0 Å². The molecule has 1 fully saturated rings. The van der Waals surface area contributed by atoms with Gasteiger partial charge in [-0.05, 0) is 37.8 Å². The van der Waals surface area contributed by atoms with E-state index < -0.39 is 0 Å². The molecule has 0 aromatic carbocycles. The van der Waals surface area contributed by atoms with Crippen molar-refractivity contribution in [3.8, 4) is 0 Å². The van der Waals surface area contributed by atoms with Crippen LogP contribution in [-0.2, 0) is 0 Å². The Balaban J connectivity index is 2.04. The summed E-state index contributed by atoms with van der Waals surface area (Å²) in [6.45, 7) is 4.43. The van der Waals surface area contributed by atoms with Crippen molar-refractivity contribution in [1.29, 1.82) is 0 Å². The lowest BCUT2D eigenvalue weighted by atomic mass is 10.1. The predicted octanol–water partition coefficient (Wildman–Crippen LogP) is 2.32. The fourth-order valence-electron chi connectivity index (χ4n) is 2.31. The van der Waals surface area contributed by atoms with Crippen molar-refractivity contribution < 1.29 is 0 Å². The second-order valence-electron chi connectivity index (χ2n) is 4.86. The Hall–Kier alpha value is -0.830. The molecule has 1 aliphatic carbocycles. The van der Waals surface area contributed by atoms with Crippen molar-refractivity contribution >= 4 is 0 Å². The molecule has 0 saturated heterocycles. The Morgan fingerprint density at radius 3 is 2.80 bits per heavy atom. The lowest BCUT2D eigenvalue weighted by Crippen LogP contribution is -2.21. The molecule has 3 heteroatoms. The van der Waals surface area contributed by atoms with Crippen LogP contribution in [0.1, 0.15) is 50.6 Å². The summed E-state index contributed by atoms with van der Waals surface area (Å²) in [6, 6.07) is 1.29. The van der Waals surface area contributed by atoms with Crippen molar-refractivity contribution in [3.63, 3.8) is 0 Å². The largest absolute Gasteiger partial charge is 0.317 e. The molecule has 84 valence electrons. The van der Waals surface area contributed by atoms with Crippen LogP contribution in [0.2, 0.25) is 0 Å². The number of aromatic nitrogens is 2. The minimum atomic E-state index is 0.584. The van der Waals surface area contributed by atoms with E-state index in [1.165, 1.54) is 24.8 Å². The van der Waals surface area contributed by atoms with Gasteiger partial charge in [0, 0.05) is 12.2 Å². The molecule has 0 spiro atoms. The quantitative estimate of drug-likeness (QED) is 0.824. The molecule has 0 radical (unpaired) electrons. The zero-order chi connectivity index (χ0) is 10.8. The van der Waals surface area contributed by atoms with Gasteiger partial charge >= 0.3 is 0 Å². The molecule has 3 nitrogen and oxygen atoms in total. The van der Waals surface area contributed by atoms with Gasteiger partial charge in [0.25, 0.3) is 0 Å². The summed E-state index contributed by atoms with van der Waals surface area (Å²) < 4.78 is 2.16. The van der Waals surface area contributed by atoms with E-state index in [1.54, 1.807) is 0 Å². The highest BCUT2D eigenvalue weighted by atomic mass is 15.3. The number of rotatable bonds is 3. The van der Waals surface area contributed by atoms with Crippen LogP contribution in [0, 0.1) is 0 Å². The van der Waals surface area contributed by atoms with Gasteiger partial charge in [-0.1, -0.05) is 13.8 Å². The summed E-state index contributed by atoms with van der Waals surface area (Å²) in [4.78, 5) is 0. The monoisotopic (exact) mass is 207 g/mol. The normalized spacial score (nSPS) is 26.4. The minimum absolute atomic E-state index is 0.584. The fourth-order valence-corrected chi connectivity index (χ4v) is 2.31. The Labute approximate surface area is 91.9 Å². The van der Waals surface area contributed by atoms with Gasteiger partial charge in [0.1, 0.15) is 0 Å². The van der Waals surface area contributed by atoms with E-state index in [9.17, 15) is 0 Å². The summed E-state index contributed by atoms with van der Waals surface area (Å²) in [5.74, 6) is 0.584. The van der Waals surface area contributed by atoms with Gasteiger partial charge in [-0.15, -0.1) is 0 Å². The highest BCUT2D eigenvalue weighted by Crippen LogP contribution is 2.30. The Bertz CT molecular complexity index is 316. The molecule has 1 aromatic rings. The van der Waals surface area contributed by atoms with Crippen LogP contribution in [0.25, 0.3) is 0 Å². The van der Waals surface area contributed by atoms with Gasteiger partial charge in [-0.25, -0.2) is 0 Å². The van der Waals surface area contributed by atoms with E-state index in [1.807, 2.05) is 6.20 Å². The van der Waals surface area contributed by atoms with Crippen LogP contribution < -0.4 is 5.32 Å². The smallest absolute Gasteiger partial charge is 0.0534 e. The first kappa shape index (κ1) is 10.7. The third-order valence-corrected chi connectivity index (χ3v) is 3.48. The summed E-state index contributed by atoms with van der Waals surface area (Å²) in [5, 5.41) is 7.83. The molecule has 1 aliphatic rings. The fraction of sp³-hybridized carbons (Fsp3) is 0.750. The van der Waals surface area contributed by atoms with E-state index >= 15 is 0 Å². The third-order valence-electron chi connectivity index (χ3n) is 3.48. The number of hydrogen-bond donors (Lipinski definition) is 1. The number of hydrogen-bond acceptors (Lipinski definition) is 2. The SMILES string of the molecule is CNC1CCC(n2cc(C(C)C)cn2)C1. The maximum atomic E-state index is 4.48. The molecule has 1 aromatic heterocycles. The van der Waals surface area contributed by atoms with E-state index in [-0.39, 0.29) is 0 Å². The van der Waals surface area contributed by atoms with Gasteiger partial charge in [-0.3, -0.25) is 4.68 Å². The minimum Gasteiger partial charge on any atom is -0.317 e. The maximum absolute atomic E-state index is 4.48. The van der Waals surface area contributed by atoms with E-state index in [4.69, 9.17) is 0 Å². The standard InChI is InChI=1S/C12H21N3/c1-9(2)10-7-14-15(8-10)12-5-4-11(6-12)13-3/h7-9,11-13H,4-6H2,1-3H3. The highest BCUT2D eigenvalue weighted by Gasteiger charge is 2.25. The third kappa shape index (κ3) is 2.23. The zero-order valence-corrected chi connectivity index (χ0v) is 9.90. The van der Waals surface area contributed by atoms with Crippen molar-refractivity contribution in [2.45, 2.75) is 51.1 Å². The Morgan fingerprint density at radius 1 is 1.47 bits per heavy atom. The Kier molecular flexibility index (Phi) is 3.10. The van der Waals surface area contributed by atoms with Crippen LogP contribution >= 0.6 is 0 Å². The highest BCUT2D eigenvalue weighted by molar-refractivity contribution is 5.09. The predicted molar refractivity (Wildman–Crippen MR) is 62.1 cm³/mol. The van der Waals surface area contributed by atoms with E-state index in [2.05, 4.69) is 42.2 Å². The average Bonchev–Trinajstić information content (AvgIpc) is 2.86. The van der Waals surface area contributed by atoms with Crippen molar-refractivity contribution in [3.05, 3.63) is 18.0 Å². The van der Waals surface area contributed by atoms with E-state index in [0.717, 1.165) is 0 Å². The molecular weight excluding hydrogens is 186 g/mol. The van der Waals surface area contributed by atoms with Crippen molar-refractivity contribution in [1.82, 2.24) is 15.1 Å². The lowest BCUT2D eigenvalue weighted by molar-refractivity contribution is 0.450. The van der Waals surface area contributed by atoms with Crippen molar-refractivity contribution in [2.75, 3.05) is 7.05 Å². The van der Waals surface area contributed by atoms with Crippen LogP contribution in [0.4, 0.5) is 0 Å². The lowest BCUT2D eigenvalue weighted by Gasteiger charge is -2.11. The molecule has 1 N–H and O–H groups in total. The number of nitrogens with zero attached hydrogens (tertiary/aromatic N) is 2. The number of nitrogens with one attached hydrogen (secondary N) is 1. The van der Waals surface area contributed by atoms with Gasteiger partial charge in [-0.2, -0.15) is 5.10 Å². The second-order valence-corrected chi connectivity index (χ2v) is 4.86. The molecule has 0 aliphatic heterocycles. The summed E-state index contributed by atoms with van der Waals surface area (Å²) >= 11 is 0. The van der Waals surface area contributed by atoms with Crippen LogP contribution in [0.15, 0.2) is 12.4 Å². The first-order chi connectivity index (χ1) is 7.20. The summed E-state index contributed by atoms with van der Waals surface area (Å²) in [7, 11) is 2.05. The van der Waals surface area contributed by atoms with Gasteiger partial charge in [0.05, 0.1) is 12.2 Å². The zero-order valence-electron chi connectivity index (χ0n) is 9.90. The van der Waals surface area contributed by atoms with Crippen LogP contribution in [0.3, 0.4) is 0 Å². The molecular formula is C12H21N3. The molecule has 15 heavy (non-hydrogen) atoms. The molecule has 0 amide bonds. The second kappa shape index (κ2) is 4.35. The first-order valence-electron chi connectivity index (χ1n) is 5.92. The molecule has 2 rings (SSSR count). The van der Waals surface area contributed by atoms with Gasteiger partial charge in [0.15, 0.2) is 0 Å². The molecule has 2 unspecified atom stereocenters. The Morgan fingerprint density at radius 2 is 2.27 bits per heavy atom. The van der Waals surface area contributed by atoms with Crippen LogP contribution in [-0.4, -0.2) is 22.9 Å². The molecule has 1 heterocycles. The van der Waals surface area contributed by atoms with Crippen molar-refractivity contribution in [2.24, 2.45) is 0 Å². The average molecular weight is 207 g/mol. The molecule has 0 bridgehead atoms. The first-order valence-corrected chi connectivity index (χ1v) is 5.92. The maximum Gasteiger partial charge on any atom is 0.0534 e. The van der Waals surface area contributed by atoms with E-state index in [0.29, 0.717) is 18.0 Å². The topological polar surface area (TPSA) is 29.9 Å². The van der Waals surface area contributed by atoms with Crippen LogP contribution in [0.5, 0.6) is 0 Å². The summed E-state index contributed by atoms with van der Waals surface area (Å²) in [6.07, 6.45) is 7.98. The van der Waals surface area contributed by atoms with Gasteiger partial charge < -0.3 is 5.32 Å².